The molecule has 1 aromatic carbocycles. The van der Waals surface area contributed by atoms with Crippen molar-refractivity contribution < 1.29 is 0 Å². The van der Waals surface area contributed by atoms with E-state index in [0.29, 0.717) is 11.5 Å². The summed E-state index contributed by atoms with van der Waals surface area (Å²) < 4.78 is 0. The third-order valence-electron chi connectivity index (χ3n) is 5.67. The van der Waals surface area contributed by atoms with E-state index in [1.807, 2.05) is 0 Å². The number of fused-ring (bicyclic) bond motifs is 1. The Morgan fingerprint density at radius 1 is 1.14 bits per heavy atom. The van der Waals surface area contributed by atoms with Crippen LogP contribution < -0.4 is 4.90 Å². The zero-order valence-electron chi connectivity index (χ0n) is 13.4. The monoisotopic (exact) mass is 303 g/mol. The summed E-state index contributed by atoms with van der Waals surface area (Å²) in [5.74, 6) is 1.04. The molecule has 116 valence electrons. The molecule has 1 unspecified atom stereocenters. The first kappa shape index (κ1) is 15.3. The average molecular weight is 304 g/mol. The van der Waals surface area contributed by atoms with E-state index in [4.69, 9.17) is 12.6 Å². The lowest BCUT2D eigenvalue weighted by Gasteiger charge is -2.44. The zero-order chi connectivity index (χ0) is 14.7. The molecule has 0 N–H and O–H groups in total. The molecular weight excluding hydrogens is 274 g/mol. The third kappa shape index (κ3) is 3.26. The Kier molecular flexibility index (Phi) is 4.83. The van der Waals surface area contributed by atoms with Crippen molar-refractivity contribution in [2.24, 2.45) is 5.41 Å². The topological polar surface area (TPSA) is 3.24 Å². The first-order chi connectivity index (χ1) is 10.2. The number of anilines is 1. The molecule has 1 heterocycles. The Morgan fingerprint density at radius 2 is 1.86 bits per heavy atom. The van der Waals surface area contributed by atoms with Crippen LogP contribution in [-0.2, 0) is 6.42 Å². The summed E-state index contributed by atoms with van der Waals surface area (Å²) in [5.41, 5.74) is 3.46. The molecule has 0 aromatic heterocycles. The van der Waals surface area contributed by atoms with E-state index in [2.05, 4.69) is 36.1 Å². The summed E-state index contributed by atoms with van der Waals surface area (Å²) in [5, 5.41) is 0. The maximum atomic E-state index is 4.77. The number of para-hydroxylation sites is 1. The Morgan fingerprint density at radius 3 is 2.57 bits per heavy atom. The van der Waals surface area contributed by atoms with Crippen molar-refractivity contribution in [3.8, 4) is 0 Å². The van der Waals surface area contributed by atoms with Gasteiger partial charge in [0.15, 0.2) is 0 Å². The molecule has 1 aliphatic heterocycles. The van der Waals surface area contributed by atoms with Gasteiger partial charge in [-0.2, -0.15) is 12.6 Å². The van der Waals surface area contributed by atoms with E-state index in [9.17, 15) is 0 Å². The number of rotatable bonds is 3. The first-order valence-electron chi connectivity index (χ1n) is 8.69. The van der Waals surface area contributed by atoms with Gasteiger partial charge >= 0.3 is 0 Å². The number of thiol groups is 1. The SMILES string of the molecule is CC1CCc2ccccc2N1CC1(CS)CCCCCC1. The molecule has 1 aliphatic carbocycles. The van der Waals surface area contributed by atoms with Crippen molar-refractivity contribution in [1.29, 1.82) is 0 Å². The average Bonchev–Trinajstić information content (AvgIpc) is 2.76. The molecule has 0 amide bonds. The maximum Gasteiger partial charge on any atom is 0.0401 e. The Labute approximate surface area is 135 Å². The van der Waals surface area contributed by atoms with Gasteiger partial charge in [0.1, 0.15) is 0 Å². The number of hydrogen-bond acceptors (Lipinski definition) is 2. The molecule has 0 saturated heterocycles. The third-order valence-corrected chi connectivity index (χ3v) is 6.34. The van der Waals surface area contributed by atoms with Gasteiger partial charge in [0.25, 0.3) is 0 Å². The van der Waals surface area contributed by atoms with Gasteiger partial charge in [0, 0.05) is 18.3 Å². The van der Waals surface area contributed by atoms with Gasteiger partial charge in [-0.05, 0) is 55.4 Å². The van der Waals surface area contributed by atoms with Crippen LogP contribution in [0.1, 0.15) is 57.4 Å². The molecule has 2 heteroatoms. The van der Waals surface area contributed by atoms with Crippen LogP contribution in [0, 0.1) is 5.41 Å². The molecule has 3 rings (SSSR count). The molecule has 2 aliphatic rings. The highest BCUT2D eigenvalue weighted by atomic mass is 32.1. The van der Waals surface area contributed by atoms with Crippen LogP contribution >= 0.6 is 12.6 Å². The largest absolute Gasteiger partial charge is 0.368 e. The molecule has 0 bridgehead atoms. The highest BCUT2D eigenvalue weighted by Crippen LogP contribution is 2.40. The predicted octanol–water partition coefficient (Wildman–Crippen LogP) is 5.10. The molecule has 1 fully saturated rings. The van der Waals surface area contributed by atoms with Crippen LogP contribution in [0.5, 0.6) is 0 Å². The minimum absolute atomic E-state index is 0.429. The van der Waals surface area contributed by atoms with Crippen molar-refractivity contribution in [2.75, 3.05) is 17.2 Å². The summed E-state index contributed by atoms with van der Waals surface area (Å²) in [4.78, 5) is 2.69. The zero-order valence-corrected chi connectivity index (χ0v) is 14.2. The molecule has 1 atom stereocenters. The van der Waals surface area contributed by atoms with Crippen molar-refractivity contribution >= 4 is 18.3 Å². The lowest BCUT2D eigenvalue weighted by molar-refractivity contribution is 0.279. The summed E-state index contributed by atoms with van der Waals surface area (Å²) in [6.45, 7) is 3.60. The molecule has 1 nitrogen and oxygen atoms in total. The van der Waals surface area contributed by atoms with Crippen molar-refractivity contribution in [3.63, 3.8) is 0 Å². The van der Waals surface area contributed by atoms with Crippen LogP contribution in [0.4, 0.5) is 5.69 Å². The molecular formula is C19H29NS. The summed E-state index contributed by atoms with van der Waals surface area (Å²) in [7, 11) is 0. The van der Waals surface area contributed by atoms with Crippen molar-refractivity contribution in [3.05, 3.63) is 29.8 Å². The maximum absolute atomic E-state index is 4.77. The van der Waals surface area contributed by atoms with E-state index in [0.717, 1.165) is 5.75 Å². The first-order valence-corrected chi connectivity index (χ1v) is 9.33. The van der Waals surface area contributed by atoms with E-state index in [1.165, 1.54) is 63.6 Å². The fourth-order valence-corrected chi connectivity index (χ4v) is 4.62. The van der Waals surface area contributed by atoms with Crippen LogP contribution in [0.25, 0.3) is 0 Å². The minimum Gasteiger partial charge on any atom is -0.368 e. The standard InChI is InChI=1S/C19H29NS/c1-16-10-11-17-8-4-5-9-18(17)20(16)14-19(15-21)12-6-2-3-7-13-19/h4-5,8-9,16,21H,2-3,6-7,10-15H2,1H3. The minimum atomic E-state index is 0.429. The number of aryl methyl sites for hydroxylation is 1. The fourth-order valence-electron chi connectivity index (χ4n) is 4.21. The van der Waals surface area contributed by atoms with Crippen LogP contribution in [0.3, 0.4) is 0 Å². The van der Waals surface area contributed by atoms with Gasteiger partial charge in [-0.25, -0.2) is 0 Å². The molecule has 1 saturated carbocycles. The van der Waals surface area contributed by atoms with E-state index < -0.39 is 0 Å². The fraction of sp³-hybridized carbons (Fsp3) is 0.684. The van der Waals surface area contributed by atoms with Crippen molar-refractivity contribution in [1.82, 2.24) is 0 Å². The highest BCUT2D eigenvalue weighted by molar-refractivity contribution is 7.80. The quantitative estimate of drug-likeness (QED) is 0.600. The number of hydrogen-bond donors (Lipinski definition) is 1. The molecule has 21 heavy (non-hydrogen) atoms. The van der Waals surface area contributed by atoms with Crippen LogP contribution in [0.2, 0.25) is 0 Å². The van der Waals surface area contributed by atoms with E-state index in [-0.39, 0.29) is 0 Å². The lowest BCUT2D eigenvalue weighted by Crippen LogP contribution is -2.45. The summed E-state index contributed by atoms with van der Waals surface area (Å²) in [6.07, 6.45) is 10.9. The summed E-state index contributed by atoms with van der Waals surface area (Å²) in [6, 6.07) is 9.69. The van der Waals surface area contributed by atoms with Gasteiger partial charge in [-0.15, -0.1) is 0 Å². The van der Waals surface area contributed by atoms with Gasteiger partial charge < -0.3 is 4.90 Å². The molecule has 1 aromatic rings. The second-order valence-electron chi connectivity index (χ2n) is 7.22. The second-order valence-corrected chi connectivity index (χ2v) is 7.53. The van der Waals surface area contributed by atoms with E-state index in [1.54, 1.807) is 5.56 Å². The van der Waals surface area contributed by atoms with Gasteiger partial charge in [-0.3, -0.25) is 0 Å². The predicted molar refractivity (Wildman–Crippen MR) is 95.6 cm³/mol. The van der Waals surface area contributed by atoms with Crippen LogP contribution in [-0.4, -0.2) is 18.3 Å². The Bertz CT molecular complexity index is 462. The Hall–Kier alpha value is -0.630. The van der Waals surface area contributed by atoms with Gasteiger partial charge in [0.05, 0.1) is 0 Å². The smallest absolute Gasteiger partial charge is 0.0401 e. The van der Waals surface area contributed by atoms with Gasteiger partial charge in [-0.1, -0.05) is 43.9 Å². The Balaban J connectivity index is 1.85. The number of nitrogens with zero attached hydrogens (tertiary/aromatic N) is 1. The second kappa shape index (κ2) is 6.64. The van der Waals surface area contributed by atoms with Crippen LogP contribution in [0.15, 0.2) is 24.3 Å². The summed E-state index contributed by atoms with van der Waals surface area (Å²) >= 11 is 4.77. The van der Waals surface area contributed by atoms with Crippen molar-refractivity contribution in [2.45, 2.75) is 64.3 Å². The normalized spacial score (nSPS) is 25.2. The van der Waals surface area contributed by atoms with E-state index >= 15 is 0 Å². The lowest BCUT2D eigenvalue weighted by atomic mass is 9.80. The number of benzene rings is 1. The highest BCUT2D eigenvalue weighted by Gasteiger charge is 2.34. The molecule has 0 spiro atoms. The molecule has 0 radical (unpaired) electrons. The van der Waals surface area contributed by atoms with Gasteiger partial charge in [0.2, 0.25) is 0 Å².